The molecule has 2 heteroatoms. The van der Waals surface area contributed by atoms with E-state index in [0.717, 1.165) is 0 Å². The molecule has 40 heavy (non-hydrogen) atoms. The first-order valence-corrected chi connectivity index (χ1v) is 15.0. The number of hydrogen-bond acceptors (Lipinski definition) is 1. The molecule has 0 aliphatic carbocycles. The van der Waals surface area contributed by atoms with Gasteiger partial charge in [-0.1, -0.05) is 102 Å². The van der Waals surface area contributed by atoms with Gasteiger partial charge in [0.2, 0.25) is 0 Å². The van der Waals surface area contributed by atoms with Gasteiger partial charge < -0.3 is 4.57 Å². The molecule has 0 saturated heterocycles. The molecule has 0 atom stereocenters. The number of hydrogen-bond donors (Lipinski definition) is 0. The van der Waals surface area contributed by atoms with E-state index >= 15 is 0 Å². The second-order valence-corrected chi connectivity index (χ2v) is 14.2. The Balaban J connectivity index is 1.58. The maximum atomic E-state index is 2.44. The lowest BCUT2D eigenvalue weighted by Crippen LogP contribution is -2.11. The number of fused-ring (bicyclic) bond motifs is 6. The van der Waals surface area contributed by atoms with Crippen molar-refractivity contribution in [2.75, 3.05) is 0 Å². The average Bonchev–Trinajstić information content (AvgIpc) is 3.47. The Hall–Kier alpha value is -3.88. The van der Waals surface area contributed by atoms with Crippen LogP contribution in [0.25, 0.3) is 58.8 Å². The molecular weight excluding hydrogens is 502 g/mol. The molecule has 1 nitrogen and oxygen atoms in total. The Kier molecular flexibility index (Phi) is 5.53. The number of nitrogens with zero attached hydrogens (tertiary/aromatic N) is 1. The van der Waals surface area contributed by atoms with Crippen molar-refractivity contribution >= 4 is 53.3 Å². The van der Waals surface area contributed by atoms with Crippen LogP contribution in [0.15, 0.2) is 103 Å². The first kappa shape index (κ1) is 25.1. The lowest BCUT2D eigenvalue weighted by atomic mass is 9.83. The van der Waals surface area contributed by atoms with E-state index in [9.17, 15) is 0 Å². The van der Waals surface area contributed by atoms with Crippen molar-refractivity contribution < 1.29 is 0 Å². The third-order valence-electron chi connectivity index (χ3n) is 8.27. The van der Waals surface area contributed by atoms with E-state index in [0.29, 0.717) is 0 Å². The van der Waals surface area contributed by atoms with Gasteiger partial charge in [0.25, 0.3) is 0 Å². The molecule has 0 bridgehead atoms. The fourth-order valence-electron chi connectivity index (χ4n) is 6.23. The number of rotatable bonds is 2. The molecule has 2 heterocycles. The number of aromatic nitrogens is 1. The molecule has 7 aromatic rings. The highest BCUT2D eigenvalue weighted by Gasteiger charge is 2.23. The van der Waals surface area contributed by atoms with Gasteiger partial charge in [-0.25, -0.2) is 0 Å². The zero-order chi connectivity index (χ0) is 27.8. The van der Waals surface area contributed by atoms with E-state index in [-0.39, 0.29) is 10.8 Å². The molecule has 198 valence electrons. The molecular formula is C38H35NS. The Morgan fingerprint density at radius 3 is 2.05 bits per heavy atom. The van der Waals surface area contributed by atoms with Crippen LogP contribution in [0.3, 0.4) is 0 Å². The average molecular weight is 538 g/mol. The predicted octanol–water partition coefficient (Wildman–Crippen LogP) is 11.4. The van der Waals surface area contributed by atoms with Crippen molar-refractivity contribution in [2.24, 2.45) is 0 Å². The van der Waals surface area contributed by atoms with Crippen LogP contribution in [0.5, 0.6) is 0 Å². The van der Waals surface area contributed by atoms with Gasteiger partial charge in [-0.2, -0.15) is 0 Å². The summed E-state index contributed by atoms with van der Waals surface area (Å²) in [6.07, 6.45) is 0. The Morgan fingerprint density at radius 2 is 1.30 bits per heavy atom. The van der Waals surface area contributed by atoms with Gasteiger partial charge in [-0.3, -0.25) is 0 Å². The SMILES string of the molecule is CC(C)(C)c1cc(-c2ccc3c(c2)sc2cccc(C(C)(C)C)c23)c2c3ccccc3n(-c3ccccc3)c2c1. The number of para-hydroxylation sites is 2. The van der Waals surface area contributed by atoms with E-state index in [2.05, 4.69) is 149 Å². The van der Waals surface area contributed by atoms with E-state index in [1.165, 1.54) is 69.9 Å². The highest BCUT2D eigenvalue weighted by atomic mass is 32.1. The van der Waals surface area contributed by atoms with Crippen molar-refractivity contribution in [1.29, 1.82) is 0 Å². The summed E-state index contributed by atoms with van der Waals surface area (Å²) in [4.78, 5) is 0. The van der Waals surface area contributed by atoms with Gasteiger partial charge in [0.15, 0.2) is 0 Å². The highest BCUT2D eigenvalue weighted by Crippen LogP contribution is 2.45. The fraction of sp³-hybridized carbons (Fsp3) is 0.211. The van der Waals surface area contributed by atoms with Crippen molar-refractivity contribution in [3.63, 3.8) is 0 Å². The first-order chi connectivity index (χ1) is 19.1. The lowest BCUT2D eigenvalue weighted by molar-refractivity contribution is 0.591. The molecule has 0 amide bonds. The van der Waals surface area contributed by atoms with Crippen LogP contribution in [-0.4, -0.2) is 4.57 Å². The van der Waals surface area contributed by atoms with Gasteiger partial charge in [0, 0.05) is 36.6 Å². The molecule has 7 rings (SSSR count). The third-order valence-corrected chi connectivity index (χ3v) is 9.39. The fourth-order valence-corrected chi connectivity index (χ4v) is 7.40. The van der Waals surface area contributed by atoms with Crippen LogP contribution in [0, 0.1) is 0 Å². The van der Waals surface area contributed by atoms with Crippen LogP contribution < -0.4 is 0 Å². The minimum Gasteiger partial charge on any atom is -0.309 e. The summed E-state index contributed by atoms with van der Waals surface area (Å²) in [5.74, 6) is 0. The smallest absolute Gasteiger partial charge is 0.0550 e. The zero-order valence-electron chi connectivity index (χ0n) is 24.2. The summed E-state index contributed by atoms with van der Waals surface area (Å²) < 4.78 is 5.16. The number of thiophene rings is 1. The van der Waals surface area contributed by atoms with Crippen molar-refractivity contribution in [3.05, 3.63) is 114 Å². The number of benzene rings is 5. The standard InChI is InChI=1S/C38H35NS/c1-37(2,3)25-22-29(24-19-20-28-34(21-24)40-33-18-12-16-30(36(28)33)38(4,5)6)35-27-15-10-11-17-31(27)39(32(35)23-25)26-13-8-7-9-14-26/h7-23H,1-6H3. The molecule has 0 fully saturated rings. The molecule has 0 unspecified atom stereocenters. The maximum absolute atomic E-state index is 2.44. The maximum Gasteiger partial charge on any atom is 0.0550 e. The van der Waals surface area contributed by atoms with Crippen LogP contribution in [-0.2, 0) is 10.8 Å². The van der Waals surface area contributed by atoms with Crippen LogP contribution in [0.4, 0.5) is 0 Å². The zero-order valence-corrected chi connectivity index (χ0v) is 25.0. The van der Waals surface area contributed by atoms with Crippen LogP contribution in [0.2, 0.25) is 0 Å². The third kappa shape index (κ3) is 3.89. The summed E-state index contributed by atoms with van der Waals surface area (Å²) in [7, 11) is 0. The van der Waals surface area contributed by atoms with Gasteiger partial charge in [-0.15, -0.1) is 11.3 Å². The topological polar surface area (TPSA) is 4.93 Å². The van der Waals surface area contributed by atoms with Gasteiger partial charge in [-0.05, 0) is 75.5 Å². The Bertz CT molecular complexity index is 2060. The van der Waals surface area contributed by atoms with Crippen LogP contribution >= 0.6 is 11.3 Å². The summed E-state index contributed by atoms with van der Waals surface area (Å²) in [6, 6.07) is 38.4. The monoisotopic (exact) mass is 537 g/mol. The van der Waals surface area contributed by atoms with E-state index in [4.69, 9.17) is 0 Å². The summed E-state index contributed by atoms with van der Waals surface area (Å²) in [5, 5.41) is 5.39. The van der Waals surface area contributed by atoms with Crippen LogP contribution in [0.1, 0.15) is 52.7 Å². The molecule has 0 N–H and O–H groups in total. The Labute approximate surface area is 240 Å². The highest BCUT2D eigenvalue weighted by molar-refractivity contribution is 7.25. The second-order valence-electron chi connectivity index (χ2n) is 13.1. The molecule has 5 aromatic carbocycles. The lowest BCUT2D eigenvalue weighted by Gasteiger charge is -2.22. The van der Waals surface area contributed by atoms with Crippen molar-refractivity contribution in [2.45, 2.75) is 52.4 Å². The minimum absolute atomic E-state index is 0.0181. The summed E-state index contributed by atoms with van der Waals surface area (Å²) in [5.41, 5.74) is 9.18. The molecule has 0 radical (unpaired) electrons. The van der Waals surface area contributed by atoms with Gasteiger partial charge >= 0.3 is 0 Å². The molecule has 0 spiro atoms. The minimum atomic E-state index is 0.0181. The summed E-state index contributed by atoms with van der Waals surface area (Å²) in [6.45, 7) is 13.9. The van der Waals surface area contributed by atoms with E-state index in [1.54, 1.807) is 0 Å². The van der Waals surface area contributed by atoms with E-state index < -0.39 is 0 Å². The quantitative estimate of drug-likeness (QED) is 0.207. The summed E-state index contributed by atoms with van der Waals surface area (Å²) >= 11 is 1.92. The normalized spacial score (nSPS) is 12.8. The molecule has 0 saturated carbocycles. The molecule has 0 aliphatic rings. The van der Waals surface area contributed by atoms with Gasteiger partial charge in [0.1, 0.15) is 0 Å². The first-order valence-electron chi connectivity index (χ1n) is 14.2. The molecule has 2 aromatic heterocycles. The van der Waals surface area contributed by atoms with Crippen molar-refractivity contribution in [3.8, 4) is 16.8 Å². The van der Waals surface area contributed by atoms with E-state index in [1.807, 2.05) is 11.3 Å². The van der Waals surface area contributed by atoms with Gasteiger partial charge in [0.05, 0.1) is 11.0 Å². The van der Waals surface area contributed by atoms with Crippen molar-refractivity contribution in [1.82, 2.24) is 4.57 Å². The predicted molar refractivity (Wildman–Crippen MR) is 177 cm³/mol. The second kappa shape index (κ2) is 8.81. The molecule has 0 aliphatic heterocycles. The largest absolute Gasteiger partial charge is 0.309 e. The Morgan fingerprint density at radius 1 is 0.550 bits per heavy atom.